The smallest absolute Gasteiger partial charge is 0.338 e. The summed E-state index contributed by atoms with van der Waals surface area (Å²) in [6, 6.07) is 16.6. The van der Waals surface area contributed by atoms with E-state index in [2.05, 4.69) is 26.1 Å². The molecule has 188 valence electrons. The maximum absolute atomic E-state index is 13.2. The van der Waals surface area contributed by atoms with Gasteiger partial charge in [0.1, 0.15) is 12.0 Å². The zero-order valence-corrected chi connectivity index (χ0v) is 21.9. The van der Waals surface area contributed by atoms with Gasteiger partial charge in [-0.1, -0.05) is 46.3 Å². The summed E-state index contributed by atoms with van der Waals surface area (Å²) in [5, 5.41) is 3.01. The fraction of sp³-hybridized carbons (Fsp3) is 0.423. The molecule has 2 fully saturated rings. The van der Waals surface area contributed by atoms with E-state index in [1.807, 2.05) is 37.4 Å². The van der Waals surface area contributed by atoms with Crippen LogP contribution in [0.5, 0.6) is 0 Å². The molecule has 2 aromatic rings. The number of carbonyl (C=O) groups excluding carboxylic acids is 3. The van der Waals surface area contributed by atoms with Crippen molar-refractivity contribution in [2.24, 2.45) is 5.92 Å². The van der Waals surface area contributed by atoms with Gasteiger partial charge in [-0.25, -0.2) is 4.79 Å². The summed E-state index contributed by atoms with van der Waals surface area (Å²) >= 11 is 3.12. The molecule has 0 saturated carbocycles. The van der Waals surface area contributed by atoms with Gasteiger partial charge in [0.15, 0.2) is 0 Å². The molecule has 2 aliphatic heterocycles. The lowest BCUT2D eigenvalue weighted by Gasteiger charge is -2.40. The molecule has 2 aromatic carbocycles. The third-order valence-electron chi connectivity index (χ3n) is 6.75. The Morgan fingerprint density at radius 1 is 1.06 bits per heavy atom. The average Bonchev–Trinajstić information content (AvgIpc) is 3.08. The van der Waals surface area contributed by atoms with E-state index in [0.29, 0.717) is 30.1 Å². The lowest BCUT2D eigenvalue weighted by Crippen LogP contribution is -2.53. The second-order valence-electron chi connectivity index (χ2n) is 8.83. The minimum Gasteiger partial charge on any atom is -0.465 e. The van der Waals surface area contributed by atoms with E-state index in [1.165, 1.54) is 0 Å². The minimum absolute atomic E-state index is 0. The number of halogens is 2. The number of carbonyl (C=O) groups is 3. The molecule has 0 aromatic heterocycles. The molecular weight excluding hydrogens is 536 g/mol. The van der Waals surface area contributed by atoms with Crippen LogP contribution in [0.2, 0.25) is 0 Å². The number of benzene rings is 2. The maximum atomic E-state index is 13.2. The van der Waals surface area contributed by atoms with Crippen LogP contribution in [-0.4, -0.2) is 59.9 Å². The number of nitrogens with zero attached hydrogens (tertiary/aromatic N) is 1. The number of nitrogens with one attached hydrogen (secondary N) is 1. The van der Waals surface area contributed by atoms with Crippen LogP contribution in [0.1, 0.15) is 35.2 Å². The van der Waals surface area contributed by atoms with E-state index < -0.39 is 18.0 Å². The van der Waals surface area contributed by atoms with Gasteiger partial charge in [-0.3, -0.25) is 14.5 Å². The molecule has 1 N–H and O–H groups in total. The van der Waals surface area contributed by atoms with Crippen LogP contribution in [0.3, 0.4) is 0 Å². The lowest BCUT2D eigenvalue weighted by atomic mass is 9.87. The summed E-state index contributed by atoms with van der Waals surface area (Å²) < 4.78 is 11.5. The number of hydrogen-bond donors (Lipinski definition) is 1. The van der Waals surface area contributed by atoms with E-state index in [-0.39, 0.29) is 42.3 Å². The predicted octanol–water partition coefficient (Wildman–Crippen LogP) is 4.24. The van der Waals surface area contributed by atoms with Crippen molar-refractivity contribution in [2.75, 3.05) is 24.3 Å². The quantitative estimate of drug-likeness (QED) is 0.381. The topological polar surface area (TPSA) is 84.9 Å². The van der Waals surface area contributed by atoms with Gasteiger partial charge in [0.25, 0.3) is 0 Å². The van der Waals surface area contributed by atoms with Crippen molar-refractivity contribution in [3.05, 3.63) is 65.7 Å². The van der Waals surface area contributed by atoms with Gasteiger partial charge in [0.2, 0.25) is 5.91 Å². The first-order valence-electron chi connectivity index (χ1n) is 11.6. The first-order valence-corrected chi connectivity index (χ1v) is 12.7. The van der Waals surface area contributed by atoms with Crippen LogP contribution in [-0.2, 0) is 25.5 Å². The molecule has 2 aliphatic rings. The molecule has 9 heteroatoms. The van der Waals surface area contributed by atoms with E-state index in [1.54, 1.807) is 24.3 Å². The molecule has 7 nitrogen and oxygen atoms in total. The van der Waals surface area contributed by atoms with Gasteiger partial charge in [-0.2, -0.15) is 0 Å². The number of fused-ring (bicyclic) bond motifs is 2. The van der Waals surface area contributed by atoms with Crippen molar-refractivity contribution in [3.8, 4) is 0 Å². The SMILES string of the molecule is CN1C2CC[C@@H]1C[C@H](OC(=O)c1ccccc1)C2C(=O)OCCc1ccc(NC(=O)CBr)cc1.Cl. The largest absolute Gasteiger partial charge is 0.465 e. The molecule has 0 radical (unpaired) electrons. The van der Waals surface area contributed by atoms with Crippen LogP contribution >= 0.6 is 28.3 Å². The third-order valence-corrected chi connectivity index (χ3v) is 7.26. The van der Waals surface area contributed by atoms with Crippen molar-refractivity contribution in [1.29, 1.82) is 0 Å². The second-order valence-corrected chi connectivity index (χ2v) is 9.39. The van der Waals surface area contributed by atoms with Gasteiger partial charge in [0, 0.05) is 30.6 Å². The minimum atomic E-state index is -0.502. The number of rotatable bonds is 8. The molecule has 2 heterocycles. The van der Waals surface area contributed by atoms with Crippen LogP contribution < -0.4 is 5.32 Å². The standard InChI is InChI=1S/C26H29BrN2O5.ClH/c1-29-20-11-12-21(29)24(22(15-20)34-25(31)18-5-3-2-4-6-18)26(32)33-14-13-17-7-9-19(10-8-17)28-23(30)16-27;/h2-10,20-22,24H,11-16H2,1H3,(H,28,30);1H/t20-,21?,22+,24?;/m1./s1. The number of hydrogen-bond acceptors (Lipinski definition) is 6. The first-order chi connectivity index (χ1) is 16.5. The molecule has 35 heavy (non-hydrogen) atoms. The summed E-state index contributed by atoms with van der Waals surface area (Å²) in [7, 11) is 2.04. The second kappa shape index (κ2) is 12.5. The molecule has 0 aliphatic carbocycles. The molecule has 0 spiro atoms. The van der Waals surface area contributed by atoms with Crippen molar-refractivity contribution >= 4 is 51.9 Å². The van der Waals surface area contributed by atoms with Crippen molar-refractivity contribution in [2.45, 2.75) is 43.9 Å². The normalized spacial score (nSPS) is 23.1. The molecule has 2 unspecified atom stereocenters. The fourth-order valence-corrected chi connectivity index (χ4v) is 5.09. The molecular formula is C26H30BrClN2O5. The van der Waals surface area contributed by atoms with Crippen LogP contribution in [0.15, 0.2) is 54.6 Å². The Morgan fingerprint density at radius 3 is 2.46 bits per heavy atom. The molecule has 4 atom stereocenters. The van der Waals surface area contributed by atoms with Gasteiger partial charge in [0.05, 0.1) is 17.5 Å². The molecule has 2 bridgehead atoms. The zero-order chi connectivity index (χ0) is 24.1. The predicted molar refractivity (Wildman–Crippen MR) is 139 cm³/mol. The molecule has 1 amide bonds. The zero-order valence-electron chi connectivity index (χ0n) is 19.5. The highest BCUT2D eigenvalue weighted by molar-refractivity contribution is 9.09. The third kappa shape index (κ3) is 6.63. The van der Waals surface area contributed by atoms with Gasteiger partial charge < -0.3 is 14.8 Å². The Morgan fingerprint density at radius 2 is 1.77 bits per heavy atom. The number of anilines is 1. The fourth-order valence-electron chi connectivity index (χ4n) is 4.95. The van der Waals surface area contributed by atoms with Crippen LogP contribution in [0.4, 0.5) is 5.69 Å². The Hall–Kier alpha value is -2.42. The number of alkyl halides is 1. The van der Waals surface area contributed by atoms with E-state index in [0.717, 1.165) is 18.4 Å². The van der Waals surface area contributed by atoms with E-state index in [4.69, 9.17) is 9.47 Å². The molecule has 2 saturated heterocycles. The average molecular weight is 566 g/mol. The summed E-state index contributed by atoms with van der Waals surface area (Å²) in [6.07, 6.45) is 2.58. The Kier molecular flexibility index (Phi) is 9.71. The van der Waals surface area contributed by atoms with Crippen LogP contribution in [0, 0.1) is 5.92 Å². The lowest BCUT2D eigenvalue weighted by molar-refractivity contribution is -0.159. The van der Waals surface area contributed by atoms with Gasteiger partial charge >= 0.3 is 11.9 Å². The summed E-state index contributed by atoms with van der Waals surface area (Å²) in [5.74, 6) is -1.34. The number of ether oxygens (including phenoxy) is 2. The molecule has 4 rings (SSSR count). The Bertz CT molecular complexity index is 1020. The van der Waals surface area contributed by atoms with Gasteiger partial charge in [-0.05, 0) is 49.7 Å². The monoisotopic (exact) mass is 564 g/mol. The van der Waals surface area contributed by atoms with E-state index in [9.17, 15) is 14.4 Å². The Balaban J connectivity index is 0.00000342. The maximum Gasteiger partial charge on any atom is 0.338 e. The Labute approximate surface area is 220 Å². The van der Waals surface area contributed by atoms with Gasteiger partial charge in [-0.15, -0.1) is 12.4 Å². The summed E-state index contributed by atoms with van der Waals surface area (Å²) in [6.45, 7) is 0.238. The highest BCUT2D eigenvalue weighted by atomic mass is 79.9. The number of esters is 2. The number of piperidine rings is 1. The van der Waals surface area contributed by atoms with E-state index >= 15 is 0 Å². The first kappa shape index (κ1) is 27.2. The highest BCUT2D eigenvalue weighted by Gasteiger charge is 2.51. The van der Waals surface area contributed by atoms with Crippen LogP contribution in [0.25, 0.3) is 0 Å². The van der Waals surface area contributed by atoms with Crippen molar-refractivity contribution in [1.82, 2.24) is 4.90 Å². The summed E-state index contributed by atoms with van der Waals surface area (Å²) in [4.78, 5) is 39.6. The highest BCUT2D eigenvalue weighted by Crippen LogP contribution is 2.40. The number of amides is 1. The summed E-state index contributed by atoms with van der Waals surface area (Å²) in [5.41, 5.74) is 2.20. The van der Waals surface area contributed by atoms with Crippen molar-refractivity contribution < 1.29 is 23.9 Å². The van der Waals surface area contributed by atoms with Crippen molar-refractivity contribution in [3.63, 3.8) is 0 Å².